The van der Waals surface area contributed by atoms with Crippen molar-refractivity contribution >= 4 is 35.4 Å². The highest BCUT2D eigenvalue weighted by Crippen LogP contribution is 2.51. The van der Waals surface area contributed by atoms with E-state index in [0.717, 1.165) is 6.20 Å². The number of imidazole rings is 1. The molecule has 2 amide bonds. The van der Waals surface area contributed by atoms with Gasteiger partial charge in [0.1, 0.15) is 42.6 Å². The van der Waals surface area contributed by atoms with Gasteiger partial charge in [-0.2, -0.15) is 0 Å². The number of nitro groups is 1. The van der Waals surface area contributed by atoms with Crippen LogP contribution in [0.25, 0.3) is 0 Å². The molecule has 0 aliphatic carbocycles. The van der Waals surface area contributed by atoms with E-state index in [9.17, 15) is 24.5 Å². The van der Waals surface area contributed by atoms with Crippen LogP contribution in [0.4, 0.5) is 5.82 Å². The molecule has 3 heterocycles. The predicted octanol–water partition coefficient (Wildman–Crippen LogP) is 1.27. The molecule has 1 N–H and O–H groups in total. The number of para-hydroxylation sites is 1. The van der Waals surface area contributed by atoms with E-state index in [4.69, 9.17) is 9.47 Å². The number of nitrogens with one attached hydrogen (secondary N) is 1. The van der Waals surface area contributed by atoms with Crippen LogP contribution in [0.15, 0.2) is 36.5 Å². The molecule has 2 aliphatic heterocycles. The highest BCUT2D eigenvalue weighted by molar-refractivity contribution is 8.01. The number of ether oxygens (including phenoxy) is 2. The third kappa shape index (κ3) is 4.81. The lowest BCUT2D eigenvalue weighted by Crippen LogP contribution is -2.71. The van der Waals surface area contributed by atoms with E-state index in [2.05, 4.69) is 10.3 Å². The number of aryl methyl sites for hydroxylation is 1. The van der Waals surface area contributed by atoms with Crippen LogP contribution in [0.2, 0.25) is 0 Å². The van der Waals surface area contributed by atoms with Gasteiger partial charge in [0.25, 0.3) is 5.91 Å². The van der Waals surface area contributed by atoms with Gasteiger partial charge in [0.05, 0.1) is 0 Å². The molecule has 12 nitrogen and oxygen atoms in total. The summed E-state index contributed by atoms with van der Waals surface area (Å²) in [6.07, 6.45) is 1.15. The fourth-order valence-electron chi connectivity index (χ4n) is 4.20. The zero-order valence-electron chi connectivity index (χ0n) is 19.4. The maximum atomic E-state index is 12.9. The average Bonchev–Trinajstić information content (AvgIpc) is 3.31. The van der Waals surface area contributed by atoms with E-state index in [-0.39, 0.29) is 31.5 Å². The molecule has 35 heavy (non-hydrogen) atoms. The Kier molecular flexibility index (Phi) is 6.70. The van der Waals surface area contributed by atoms with Crippen molar-refractivity contribution in [1.29, 1.82) is 0 Å². The first-order valence-electron chi connectivity index (χ1n) is 10.9. The number of amides is 2. The topological polar surface area (TPSA) is 146 Å². The quantitative estimate of drug-likeness (QED) is 0.231. The van der Waals surface area contributed by atoms with Crippen LogP contribution in [0.3, 0.4) is 0 Å². The van der Waals surface area contributed by atoms with Crippen LogP contribution in [-0.2, 0) is 25.7 Å². The Morgan fingerprint density at radius 1 is 1.29 bits per heavy atom. The normalized spacial score (nSPS) is 22.2. The number of fused-ring (bicyclic) bond motifs is 1. The smallest absolute Gasteiger partial charge is 0.342 e. The number of rotatable bonds is 9. The average molecular weight is 504 g/mol. The summed E-state index contributed by atoms with van der Waals surface area (Å²) in [4.78, 5) is 54.0. The summed E-state index contributed by atoms with van der Waals surface area (Å²) in [5.74, 6) is -0.631. The molecular formula is C22H25N5O7S. The maximum absolute atomic E-state index is 12.9. The van der Waals surface area contributed by atoms with Gasteiger partial charge in [0.2, 0.25) is 5.91 Å². The van der Waals surface area contributed by atoms with Gasteiger partial charge in [-0.1, -0.05) is 18.2 Å². The summed E-state index contributed by atoms with van der Waals surface area (Å²) in [5.41, 5.74) is 0. The molecule has 2 aliphatic rings. The molecule has 4 rings (SSSR count). The first-order valence-corrected chi connectivity index (χ1v) is 11.8. The van der Waals surface area contributed by atoms with Crippen LogP contribution in [0.5, 0.6) is 5.75 Å². The van der Waals surface area contributed by atoms with Crippen LogP contribution in [-0.4, -0.2) is 72.6 Å². The highest BCUT2D eigenvalue weighted by Gasteiger charge is 2.64. The van der Waals surface area contributed by atoms with Crippen molar-refractivity contribution in [3.8, 4) is 5.75 Å². The van der Waals surface area contributed by atoms with Gasteiger partial charge in [-0.3, -0.25) is 9.59 Å². The molecule has 13 heteroatoms. The van der Waals surface area contributed by atoms with Crippen LogP contribution >= 0.6 is 11.8 Å². The summed E-state index contributed by atoms with van der Waals surface area (Å²) < 4.78 is 11.5. The van der Waals surface area contributed by atoms with Gasteiger partial charge in [0.15, 0.2) is 12.4 Å². The van der Waals surface area contributed by atoms with Gasteiger partial charge in [0, 0.05) is 11.7 Å². The Morgan fingerprint density at radius 2 is 2.00 bits per heavy atom. The second-order valence-electron chi connectivity index (χ2n) is 8.65. The first-order chi connectivity index (χ1) is 16.6. The molecule has 0 saturated carbocycles. The second-order valence-corrected chi connectivity index (χ2v) is 10.4. The largest absolute Gasteiger partial charge is 0.484 e. The molecule has 0 spiro atoms. The van der Waals surface area contributed by atoms with E-state index in [1.165, 1.54) is 21.2 Å². The van der Waals surface area contributed by atoms with Crippen molar-refractivity contribution in [2.45, 2.75) is 49.5 Å². The molecule has 3 atom stereocenters. The molecule has 1 aromatic heterocycles. The Hall–Kier alpha value is -3.61. The lowest BCUT2D eigenvalue weighted by atomic mass is 9.96. The highest BCUT2D eigenvalue weighted by atomic mass is 32.2. The van der Waals surface area contributed by atoms with Crippen molar-refractivity contribution in [3.63, 3.8) is 0 Å². The van der Waals surface area contributed by atoms with Gasteiger partial charge in [-0.15, -0.1) is 11.8 Å². The number of hydrogen-bond acceptors (Lipinski definition) is 9. The van der Waals surface area contributed by atoms with E-state index in [0.29, 0.717) is 11.6 Å². The lowest BCUT2D eigenvalue weighted by molar-refractivity contribution is -0.392. The minimum absolute atomic E-state index is 0.0612. The fourth-order valence-corrected chi connectivity index (χ4v) is 5.82. The number of carbonyl (C=O) groups is 3. The minimum atomic E-state index is -0.849. The minimum Gasteiger partial charge on any atom is -0.484 e. The molecule has 1 aromatic carbocycles. The van der Waals surface area contributed by atoms with Gasteiger partial charge in [-0.25, -0.2) is 14.3 Å². The van der Waals surface area contributed by atoms with Crippen molar-refractivity contribution in [3.05, 3.63) is 52.5 Å². The molecule has 0 unspecified atom stereocenters. The van der Waals surface area contributed by atoms with E-state index < -0.39 is 39.0 Å². The molecule has 0 bridgehead atoms. The van der Waals surface area contributed by atoms with Crippen LogP contribution < -0.4 is 10.1 Å². The van der Waals surface area contributed by atoms with E-state index in [1.807, 2.05) is 19.9 Å². The standard InChI is InChI=1S/C22H25N5O7S/c1-13-23-11-16(27(31)32)25(13)9-10-33-21(30)18-22(2,3)35-20-17(19(29)26(18)20)24-15(28)12-34-14-7-5-4-6-8-14/h4-8,11,17-18,20H,9-10,12H2,1-3H3,(H,24,28)/t17-,18+,20-/m1/s1. The van der Waals surface area contributed by atoms with Crippen molar-refractivity contribution < 1.29 is 28.8 Å². The van der Waals surface area contributed by atoms with Crippen LogP contribution in [0.1, 0.15) is 19.7 Å². The number of benzene rings is 1. The van der Waals surface area contributed by atoms with Gasteiger partial charge in [-0.05, 0) is 30.9 Å². The number of esters is 1. The molecule has 2 fully saturated rings. The monoisotopic (exact) mass is 503 g/mol. The fraction of sp³-hybridized carbons (Fsp3) is 0.455. The Balaban J connectivity index is 1.33. The number of β-lactam (4-membered cyclic amide) rings is 1. The van der Waals surface area contributed by atoms with E-state index >= 15 is 0 Å². The Bertz CT molecular complexity index is 1150. The number of thioether (sulfide) groups is 1. The molecular weight excluding hydrogens is 478 g/mol. The summed E-state index contributed by atoms with van der Waals surface area (Å²) in [7, 11) is 0. The number of carbonyl (C=O) groups excluding carboxylic acids is 3. The molecule has 0 radical (unpaired) electrons. The van der Waals surface area contributed by atoms with E-state index in [1.54, 1.807) is 31.2 Å². The lowest BCUT2D eigenvalue weighted by Gasteiger charge is -2.43. The summed E-state index contributed by atoms with van der Waals surface area (Å²) in [6, 6.07) is 7.24. The summed E-state index contributed by atoms with van der Waals surface area (Å²) in [5, 5.41) is 13.4. The van der Waals surface area contributed by atoms with Crippen LogP contribution in [0, 0.1) is 17.0 Å². The predicted molar refractivity (Wildman–Crippen MR) is 125 cm³/mol. The van der Waals surface area contributed by atoms with Gasteiger partial charge >= 0.3 is 11.8 Å². The summed E-state index contributed by atoms with van der Waals surface area (Å²) in [6.45, 7) is 4.99. The molecule has 2 aromatic rings. The zero-order valence-corrected chi connectivity index (χ0v) is 20.2. The number of aromatic nitrogens is 2. The SMILES string of the molecule is Cc1ncc([N+](=O)[O-])n1CCOC(=O)[C@@H]1N2C(=O)[C@@H](NC(=O)COc3ccccc3)[C@H]2SC1(C)C. The molecule has 2 saturated heterocycles. The second kappa shape index (κ2) is 9.56. The summed E-state index contributed by atoms with van der Waals surface area (Å²) >= 11 is 1.41. The third-order valence-electron chi connectivity index (χ3n) is 5.87. The first kappa shape index (κ1) is 24.5. The van der Waals surface area contributed by atoms with Gasteiger partial charge < -0.3 is 29.8 Å². The van der Waals surface area contributed by atoms with Crippen molar-refractivity contribution in [1.82, 2.24) is 19.8 Å². The number of hydrogen-bond donors (Lipinski definition) is 1. The zero-order chi connectivity index (χ0) is 25.3. The maximum Gasteiger partial charge on any atom is 0.342 e. The van der Waals surface area contributed by atoms with Crippen molar-refractivity contribution in [2.24, 2.45) is 0 Å². The Morgan fingerprint density at radius 3 is 2.69 bits per heavy atom. The third-order valence-corrected chi connectivity index (χ3v) is 7.45. The molecule has 186 valence electrons. The number of nitrogens with zero attached hydrogens (tertiary/aromatic N) is 4. The Labute approximate surface area is 205 Å². The van der Waals surface area contributed by atoms with Crippen molar-refractivity contribution in [2.75, 3.05) is 13.2 Å².